The molecule has 6 heteroatoms. The Morgan fingerprint density at radius 1 is 1.55 bits per heavy atom. The summed E-state index contributed by atoms with van der Waals surface area (Å²) in [4.78, 5) is 11.7. The minimum Gasteiger partial charge on any atom is -0.449 e. The first kappa shape index (κ1) is 13.8. The van der Waals surface area contributed by atoms with Crippen LogP contribution in [0.3, 0.4) is 0 Å². The molecule has 0 aliphatic heterocycles. The molecule has 1 aromatic heterocycles. The molecule has 2 aromatic rings. The molecule has 1 aromatic carbocycles. The van der Waals surface area contributed by atoms with Crippen LogP contribution in [-0.4, -0.2) is 32.7 Å². The number of aromatic nitrogens is 3. The van der Waals surface area contributed by atoms with Crippen LogP contribution in [0.4, 0.5) is 0 Å². The van der Waals surface area contributed by atoms with Gasteiger partial charge in [-0.3, -0.25) is 0 Å². The Bertz CT molecular complexity index is 671. The molecular weight excluding hydrogens is 258 g/mol. The fourth-order valence-electron chi connectivity index (χ4n) is 1.71. The lowest BCUT2D eigenvalue weighted by atomic mass is 10.2. The molecule has 0 fully saturated rings. The number of terminal acetylenes is 1. The van der Waals surface area contributed by atoms with Gasteiger partial charge in [-0.1, -0.05) is 17.2 Å². The predicted octanol–water partition coefficient (Wildman–Crippen LogP) is 0.858. The van der Waals surface area contributed by atoms with E-state index in [-0.39, 0.29) is 13.2 Å². The number of hydrogen-bond donors (Lipinski definition) is 1. The molecule has 0 unspecified atom stereocenters. The quantitative estimate of drug-likeness (QED) is 0.659. The van der Waals surface area contributed by atoms with E-state index in [0.29, 0.717) is 22.6 Å². The first-order chi connectivity index (χ1) is 9.67. The average Bonchev–Trinajstić information content (AvgIpc) is 2.85. The molecule has 0 aliphatic carbocycles. The van der Waals surface area contributed by atoms with Crippen LogP contribution in [0.2, 0.25) is 0 Å². The van der Waals surface area contributed by atoms with Gasteiger partial charge in [0.1, 0.15) is 5.69 Å². The number of nitrogens with zero attached hydrogens (tertiary/aromatic N) is 3. The lowest BCUT2D eigenvalue weighted by molar-refractivity contribution is 0.0556. The van der Waals surface area contributed by atoms with Gasteiger partial charge in [0.2, 0.25) is 0 Å². The molecule has 0 bridgehead atoms. The maximum atomic E-state index is 11.7. The smallest absolute Gasteiger partial charge is 0.339 e. The van der Waals surface area contributed by atoms with E-state index in [1.165, 1.54) is 0 Å². The van der Waals surface area contributed by atoms with Gasteiger partial charge in [-0.2, -0.15) is 0 Å². The summed E-state index contributed by atoms with van der Waals surface area (Å²) in [6.45, 7) is 1.53. The van der Waals surface area contributed by atoms with Crippen molar-refractivity contribution in [2.45, 2.75) is 13.5 Å². The lowest BCUT2D eigenvalue weighted by Crippen LogP contribution is -2.07. The van der Waals surface area contributed by atoms with E-state index < -0.39 is 5.97 Å². The predicted molar refractivity (Wildman–Crippen MR) is 71.1 cm³/mol. The fraction of sp³-hybridized carbons (Fsp3) is 0.214. The van der Waals surface area contributed by atoms with Crippen LogP contribution in [0.1, 0.15) is 21.7 Å². The van der Waals surface area contributed by atoms with Crippen molar-refractivity contribution in [2.24, 2.45) is 0 Å². The van der Waals surface area contributed by atoms with Crippen LogP contribution in [-0.2, 0) is 11.3 Å². The minimum absolute atomic E-state index is 0.0694. The lowest BCUT2D eigenvalue weighted by Gasteiger charge is -2.06. The second kappa shape index (κ2) is 5.99. The minimum atomic E-state index is -0.495. The SMILES string of the molecule is C#CCOC(=O)c1cccc(-n2nnc(CO)c2C)c1. The van der Waals surface area contributed by atoms with Gasteiger partial charge in [0.25, 0.3) is 0 Å². The van der Waals surface area contributed by atoms with E-state index in [2.05, 4.69) is 16.2 Å². The summed E-state index contributed by atoms with van der Waals surface area (Å²) in [5.74, 6) is 1.74. The van der Waals surface area contributed by atoms with E-state index in [1.807, 2.05) is 0 Å². The van der Waals surface area contributed by atoms with E-state index in [4.69, 9.17) is 16.3 Å². The molecule has 1 heterocycles. The van der Waals surface area contributed by atoms with Crippen LogP contribution in [0.5, 0.6) is 0 Å². The highest BCUT2D eigenvalue weighted by Crippen LogP contribution is 2.14. The van der Waals surface area contributed by atoms with Crippen LogP contribution >= 0.6 is 0 Å². The van der Waals surface area contributed by atoms with Crippen molar-refractivity contribution in [2.75, 3.05) is 6.61 Å². The molecule has 0 saturated carbocycles. The molecule has 0 radical (unpaired) electrons. The van der Waals surface area contributed by atoms with Gasteiger partial charge in [-0.25, -0.2) is 9.48 Å². The highest BCUT2D eigenvalue weighted by molar-refractivity contribution is 5.90. The molecule has 0 amide bonds. The van der Waals surface area contributed by atoms with Gasteiger partial charge in [0.15, 0.2) is 6.61 Å². The van der Waals surface area contributed by atoms with Crippen molar-refractivity contribution in [3.63, 3.8) is 0 Å². The van der Waals surface area contributed by atoms with Gasteiger partial charge >= 0.3 is 5.97 Å². The number of benzene rings is 1. The Kier molecular flexibility index (Phi) is 4.13. The summed E-state index contributed by atoms with van der Waals surface area (Å²) in [5, 5.41) is 16.9. The zero-order valence-electron chi connectivity index (χ0n) is 10.9. The van der Waals surface area contributed by atoms with E-state index >= 15 is 0 Å². The van der Waals surface area contributed by atoms with Crippen LogP contribution in [0.15, 0.2) is 24.3 Å². The van der Waals surface area contributed by atoms with Crippen molar-refractivity contribution in [3.8, 4) is 18.0 Å². The Morgan fingerprint density at radius 2 is 2.35 bits per heavy atom. The van der Waals surface area contributed by atoms with Crippen molar-refractivity contribution in [3.05, 3.63) is 41.2 Å². The maximum absolute atomic E-state index is 11.7. The third-order valence-electron chi connectivity index (χ3n) is 2.75. The fourth-order valence-corrected chi connectivity index (χ4v) is 1.71. The van der Waals surface area contributed by atoms with E-state index in [9.17, 15) is 4.79 Å². The molecule has 102 valence electrons. The van der Waals surface area contributed by atoms with E-state index in [0.717, 1.165) is 0 Å². The zero-order chi connectivity index (χ0) is 14.5. The Morgan fingerprint density at radius 3 is 3.00 bits per heavy atom. The topological polar surface area (TPSA) is 77.2 Å². The standard InChI is InChI=1S/C14H13N3O3/c1-3-7-20-14(19)11-5-4-6-12(8-11)17-10(2)13(9-18)15-16-17/h1,4-6,8,18H,7,9H2,2H3. The van der Waals surface area contributed by atoms with Crippen molar-refractivity contribution < 1.29 is 14.6 Å². The molecule has 1 N–H and O–H groups in total. The first-order valence-corrected chi connectivity index (χ1v) is 5.90. The molecule has 0 atom stereocenters. The molecule has 2 rings (SSSR count). The third-order valence-corrected chi connectivity index (χ3v) is 2.75. The third kappa shape index (κ3) is 2.68. The highest BCUT2D eigenvalue weighted by atomic mass is 16.5. The Hall–Kier alpha value is -2.65. The zero-order valence-corrected chi connectivity index (χ0v) is 10.9. The van der Waals surface area contributed by atoms with Crippen LogP contribution < -0.4 is 0 Å². The Labute approximate surface area is 116 Å². The normalized spacial score (nSPS) is 10.1. The van der Waals surface area contributed by atoms with Crippen molar-refractivity contribution >= 4 is 5.97 Å². The molecule has 0 aliphatic rings. The van der Waals surface area contributed by atoms with Gasteiger partial charge in [0, 0.05) is 0 Å². The number of ether oxygens (including phenoxy) is 1. The molecule has 0 spiro atoms. The van der Waals surface area contributed by atoms with Crippen molar-refractivity contribution in [1.82, 2.24) is 15.0 Å². The van der Waals surface area contributed by atoms with Gasteiger partial charge in [-0.05, 0) is 25.1 Å². The van der Waals surface area contributed by atoms with Crippen LogP contribution in [0.25, 0.3) is 5.69 Å². The molecule has 0 saturated heterocycles. The monoisotopic (exact) mass is 271 g/mol. The average molecular weight is 271 g/mol. The summed E-state index contributed by atoms with van der Waals surface area (Å²) >= 11 is 0. The summed E-state index contributed by atoms with van der Waals surface area (Å²) in [6, 6.07) is 6.74. The number of esters is 1. The molecular formula is C14H13N3O3. The van der Waals surface area contributed by atoms with Crippen LogP contribution in [0, 0.1) is 19.3 Å². The van der Waals surface area contributed by atoms with Gasteiger partial charge in [0.05, 0.1) is 23.6 Å². The van der Waals surface area contributed by atoms with Crippen molar-refractivity contribution in [1.29, 1.82) is 0 Å². The number of carbonyl (C=O) groups excluding carboxylic acids is 1. The molecule has 6 nitrogen and oxygen atoms in total. The van der Waals surface area contributed by atoms with E-state index in [1.54, 1.807) is 35.9 Å². The maximum Gasteiger partial charge on any atom is 0.339 e. The summed E-state index contributed by atoms with van der Waals surface area (Å²) in [5.41, 5.74) is 2.23. The highest BCUT2D eigenvalue weighted by Gasteiger charge is 2.12. The van der Waals surface area contributed by atoms with Gasteiger partial charge in [-0.15, -0.1) is 11.5 Å². The largest absolute Gasteiger partial charge is 0.449 e. The summed E-state index contributed by atoms with van der Waals surface area (Å²) < 4.78 is 6.41. The van der Waals surface area contributed by atoms with Gasteiger partial charge < -0.3 is 9.84 Å². The number of hydrogen-bond acceptors (Lipinski definition) is 5. The first-order valence-electron chi connectivity index (χ1n) is 5.90. The summed E-state index contributed by atoms with van der Waals surface area (Å²) in [6.07, 6.45) is 5.04. The number of carbonyl (C=O) groups is 1. The number of aliphatic hydroxyl groups excluding tert-OH is 1. The Balaban J connectivity index is 2.32. The summed E-state index contributed by atoms with van der Waals surface area (Å²) in [7, 11) is 0. The molecule has 20 heavy (non-hydrogen) atoms. The number of aliphatic hydroxyl groups is 1. The second-order valence-electron chi connectivity index (χ2n) is 4.02. The second-order valence-corrected chi connectivity index (χ2v) is 4.02. The number of rotatable bonds is 4.